The molecule has 6 heteroatoms. The van der Waals surface area contributed by atoms with E-state index in [0.717, 1.165) is 0 Å². The molecule has 0 aliphatic carbocycles. The molecule has 0 saturated carbocycles. The normalized spacial score (nSPS) is 11.2. The van der Waals surface area contributed by atoms with E-state index >= 15 is 0 Å². The average Bonchev–Trinajstić information content (AvgIpc) is 2.29. The van der Waals surface area contributed by atoms with Crippen molar-refractivity contribution < 1.29 is 18.6 Å². The standard InChI is InChI=1S/C11H15NO4P/c1-4-15-11(13)9-6-5-7-10(8-9)16-17(14)12(2)3/h5-8H,4H2,1-3H3/q+1. The first-order valence-corrected chi connectivity index (χ1v) is 6.27. The molecule has 0 fully saturated rings. The van der Waals surface area contributed by atoms with Crippen LogP contribution in [-0.2, 0) is 9.30 Å². The number of nitrogens with zero attached hydrogens (tertiary/aromatic N) is 1. The second-order valence-corrected chi connectivity index (χ2v) is 4.88. The number of carbonyl (C=O) groups excluding carboxylic acids is 1. The van der Waals surface area contributed by atoms with Gasteiger partial charge < -0.3 is 4.74 Å². The minimum Gasteiger partial charge on any atom is -0.462 e. The Morgan fingerprint density at radius 2 is 2.12 bits per heavy atom. The van der Waals surface area contributed by atoms with Gasteiger partial charge in [-0.1, -0.05) is 10.7 Å². The fourth-order valence-electron chi connectivity index (χ4n) is 1.07. The summed E-state index contributed by atoms with van der Waals surface area (Å²) in [5, 5.41) is 0. The molecule has 0 aliphatic rings. The molecule has 1 aromatic carbocycles. The highest BCUT2D eigenvalue weighted by molar-refractivity contribution is 7.36. The summed E-state index contributed by atoms with van der Waals surface area (Å²) in [6.07, 6.45) is 0. The van der Waals surface area contributed by atoms with Crippen LogP contribution in [0.1, 0.15) is 17.3 Å². The van der Waals surface area contributed by atoms with E-state index in [-0.39, 0.29) is 0 Å². The van der Waals surface area contributed by atoms with E-state index < -0.39 is 14.1 Å². The van der Waals surface area contributed by atoms with E-state index in [2.05, 4.69) is 0 Å². The number of benzene rings is 1. The van der Waals surface area contributed by atoms with Gasteiger partial charge >= 0.3 is 14.1 Å². The quantitative estimate of drug-likeness (QED) is 0.598. The Morgan fingerprint density at radius 3 is 2.71 bits per heavy atom. The predicted octanol–water partition coefficient (Wildman–Crippen LogP) is 2.46. The fourth-order valence-corrected chi connectivity index (χ4v) is 1.52. The Bertz CT molecular complexity index is 420. The molecule has 92 valence electrons. The van der Waals surface area contributed by atoms with Gasteiger partial charge in [-0.15, -0.1) is 0 Å². The van der Waals surface area contributed by atoms with Gasteiger partial charge in [0, 0.05) is 24.7 Å². The predicted molar refractivity (Wildman–Crippen MR) is 64.3 cm³/mol. The Labute approximate surface area is 101 Å². The SMILES string of the molecule is CCOC(=O)c1cccc(O[P+](=O)N(C)C)c1. The lowest BCUT2D eigenvalue weighted by Gasteiger charge is -2.02. The molecular weight excluding hydrogens is 241 g/mol. The topological polar surface area (TPSA) is 55.8 Å². The maximum absolute atomic E-state index is 11.5. The summed E-state index contributed by atoms with van der Waals surface area (Å²) in [6.45, 7) is 2.05. The maximum Gasteiger partial charge on any atom is 0.665 e. The van der Waals surface area contributed by atoms with Gasteiger partial charge in [0.25, 0.3) is 0 Å². The second kappa shape index (κ2) is 6.33. The number of hydrogen-bond acceptors (Lipinski definition) is 4. The van der Waals surface area contributed by atoms with Crippen LogP contribution >= 0.6 is 8.18 Å². The van der Waals surface area contributed by atoms with Crippen molar-refractivity contribution in [1.82, 2.24) is 4.67 Å². The Kier molecular flexibility index (Phi) is 5.07. The van der Waals surface area contributed by atoms with Gasteiger partial charge in [-0.3, -0.25) is 0 Å². The molecule has 1 aromatic rings. The van der Waals surface area contributed by atoms with Gasteiger partial charge in [-0.2, -0.15) is 0 Å². The van der Waals surface area contributed by atoms with Crippen LogP contribution in [0.4, 0.5) is 0 Å². The zero-order chi connectivity index (χ0) is 12.8. The maximum atomic E-state index is 11.5. The summed E-state index contributed by atoms with van der Waals surface area (Å²) < 4.78 is 22.9. The third kappa shape index (κ3) is 4.13. The van der Waals surface area contributed by atoms with Crippen LogP contribution in [0.3, 0.4) is 0 Å². The third-order valence-electron chi connectivity index (χ3n) is 1.86. The van der Waals surface area contributed by atoms with Gasteiger partial charge in [0.1, 0.15) is 0 Å². The number of ether oxygens (including phenoxy) is 1. The zero-order valence-corrected chi connectivity index (χ0v) is 10.9. The number of carbonyl (C=O) groups is 1. The Balaban J connectivity index is 2.79. The van der Waals surface area contributed by atoms with E-state index in [9.17, 15) is 9.36 Å². The lowest BCUT2D eigenvalue weighted by molar-refractivity contribution is 0.0526. The van der Waals surface area contributed by atoms with Crippen molar-refractivity contribution in [3.05, 3.63) is 29.8 Å². The summed E-state index contributed by atoms with van der Waals surface area (Å²) in [5.74, 6) is -0.0385. The average molecular weight is 256 g/mol. The van der Waals surface area contributed by atoms with Gasteiger partial charge in [-0.25, -0.2) is 9.32 Å². The minimum absolute atomic E-state index is 0.315. The van der Waals surface area contributed by atoms with Gasteiger partial charge in [0.05, 0.1) is 12.2 Å². The smallest absolute Gasteiger partial charge is 0.462 e. The highest BCUT2D eigenvalue weighted by atomic mass is 31.1. The largest absolute Gasteiger partial charge is 0.665 e. The van der Waals surface area contributed by atoms with Crippen LogP contribution < -0.4 is 4.52 Å². The lowest BCUT2D eigenvalue weighted by Crippen LogP contribution is -2.05. The molecule has 0 N–H and O–H groups in total. The van der Waals surface area contributed by atoms with Gasteiger partial charge in [-0.05, 0) is 19.1 Å². The van der Waals surface area contributed by atoms with Crippen molar-refractivity contribution in [3.8, 4) is 5.75 Å². The van der Waals surface area contributed by atoms with Crippen LogP contribution in [0, 0.1) is 0 Å². The summed E-state index contributed by atoms with van der Waals surface area (Å²) in [6, 6.07) is 6.42. The molecule has 0 bridgehead atoms. The molecule has 0 amide bonds. The van der Waals surface area contributed by atoms with Crippen LogP contribution in [0.5, 0.6) is 5.75 Å². The molecule has 0 saturated heterocycles. The third-order valence-corrected chi connectivity index (χ3v) is 2.88. The van der Waals surface area contributed by atoms with Crippen molar-refractivity contribution in [2.75, 3.05) is 20.7 Å². The molecule has 1 unspecified atom stereocenters. The first kappa shape index (κ1) is 13.6. The summed E-state index contributed by atoms with van der Waals surface area (Å²) >= 11 is 0. The number of esters is 1. The summed E-state index contributed by atoms with van der Waals surface area (Å²) in [5.41, 5.74) is 0.381. The molecule has 0 aliphatic heterocycles. The van der Waals surface area contributed by atoms with Crippen LogP contribution in [0.25, 0.3) is 0 Å². The van der Waals surface area contributed by atoms with E-state index in [4.69, 9.17) is 9.26 Å². The van der Waals surface area contributed by atoms with E-state index in [1.807, 2.05) is 0 Å². The molecule has 5 nitrogen and oxygen atoms in total. The van der Waals surface area contributed by atoms with Crippen molar-refractivity contribution in [1.29, 1.82) is 0 Å². The fraction of sp³-hybridized carbons (Fsp3) is 0.364. The molecular formula is C11H15NO4P+. The highest BCUT2D eigenvalue weighted by Crippen LogP contribution is 2.28. The second-order valence-electron chi connectivity index (χ2n) is 3.42. The summed E-state index contributed by atoms with van der Waals surface area (Å²) in [7, 11) is 1.37. The molecule has 0 spiro atoms. The van der Waals surface area contributed by atoms with Crippen LogP contribution in [0.2, 0.25) is 0 Å². The number of rotatable bonds is 5. The molecule has 17 heavy (non-hydrogen) atoms. The highest BCUT2D eigenvalue weighted by Gasteiger charge is 2.23. The monoisotopic (exact) mass is 256 g/mol. The molecule has 0 heterocycles. The van der Waals surface area contributed by atoms with Crippen LogP contribution in [0.15, 0.2) is 24.3 Å². The van der Waals surface area contributed by atoms with E-state index in [1.165, 1.54) is 10.7 Å². The first-order chi connectivity index (χ1) is 8.04. The molecule has 0 aromatic heterocycles. The van der Waals surface area contributed by atoms with Crippen molar-refractivity contribution in [2.24, 2.45) is 0 Å². The molecule has 0 radical (unpaired) electrons. The van der Waals surface area contributed by atoms with Crippen molar-refractivity contribution in [2.45, 2.75) is 6.92 Å². The van der Waals surface area contributed by atoms with Crippen molar-refractivity contribution >= 4 is 14.1 Å². The number of hydrogen-bond donors (Lipinski definition) is 0. The van der Waals surface area contributed by atoms with Crippen LogP contribution in [-0.4, -0.2) is 31.3 Å². The van der Waals surface area contributed by atoms with E-state index in [0.29, 0.717) is 17.9 Å². The van der Waals surface area contributed by atoms with Gasteiger partial charge in [0.2, 0.25) is 0 Å². The molecule has 1 rings (SSSR count). The molecule has 1 atom stereocenters. The van der Waals surface area contributed by atoms with Crippen molar-refractivity contribution in [3.63, 3.8) is 0 Å². The Morgan fingerprint density at radius 1 is 1.41 bits per heavy atom. The zero-order valence-electron chi connectivity index (χ0n) is 10.0. The lowest BCUT2D eigenvalue weighted by atomic mass is 10.2. The minimum atomic E-state index is -1.92. The first-order valence-electron chi connectivity index (χ1n) is 5.14. The Hall–Kier alpha value is -1.45. The summed E-state index contributed by atoms with van der Waals surface area (Å²) in [4.78, 5) is 11.5. The van der Waals surface area contributed by atoms with Gasteiger partial charge in [0.15, 0.2) is 5.75 Å². The van der Waals surface area contributed by atoms with E-state index in [1.54, 1.807) is 39.2 Å².